The fraction of sp³-hybridized carbons (Fsp3) is 0.250. The van der Waals surface area contributed by atoms with Gasteiger partial charge in [0, 0.05) is 12.5 Å². The summed E-state index contributed by atoms with van der Waals surface area (Å²) in [5, 5.41) is 14.6. The summed E-state index contributed by atoms with van der Waals surface area (Å²) < 4.78 is 5.49. The summed E-state index contributed by atoms with van der Waals surface area (Å²) in [6, 6.07) is 16.2. The number of rotatable bonds is 7. The first kappa shape index (κ1) is 21.1. The van der Waals surface area contributed by atoms with Crippen LogP contribution in [0, 0.1) is 5.41 Å². The zero-order valence-electron chi connectivity index (χ0n) is 17.5. The summed E-state index contributed by atoms with van der Waals surface area (Å²) in [6.45, 7) is 0.254. The summed E-state index contributed by atoms with van der Waals surface area (Å²) in [5.41, 5.74) is 3.69. The molecule has 8 nitrogen and oxygen atoms in total. The average Bonchev–Trinajstić information content (AvgIpc) is 3.37. The smallest absolute Gasteiger partial charge is 0.413 e. The van der Waals surface area contributed by atoms with Crippen molar-refractivity contribution >= 4 is 34.4 Å². The van der Waals surface area contributed by atoms with E-state index in [1.54, 1.807) is 0 Å². The molecule has 1 saturated carbocycles. The molecule has 0 bridgehead atoms. The number of aliphatic carboxylic acids is 1. The first-order valence-electron chi connectivity index (χ1n) is 10.6. The molecule has 0 spiro atoms. The molecule has 0 saturated heterocycles. The van der Waals surface area contributed by atoms with Gasteiger partial charge in [0.05, 0.1) is 11.6 Å². The van der Waals surface area contributed by atoms with E-state index < -0.39 is 23.4 Å². The monoisotopic (exact) mass is 463 g/mol. The molecular formula is C24H21N3O5S. The van der Waals surface area contributed by atoms with Crippen molar-refractivity contribution in [2.45, 2.75) is 18.8 Å². The zero-order chi connectivity index (χ0) is 23.0. The molecule has 2 aliphatic carbocycles. The normalized spacial score (nSPS) is 15.3. The molecule has 0 atom stereocenters. The third kappa shape index (κ3) is 4.07. The SMILES string of the molecule is O=C(Nc1ncc(C(=O)NCC2(C(=O)O)CC2)s1)OCC1c2ccccc2-c2ccccc21. The molecule has 1 aromatic heterocycles. The lowest BCUT2D eigenvalue weighted by Crippen LogP contribution is -2.33. The quantitative estimate of drug-likeness (QED) is 0.486. The number of fused-ring (bicyclic) bond motifs is 3. The number of amides is 2. The van der Waals surface area contributed by atoms with E-state index in [2.05, 4.69) is 27.8 Å². The van der Waals surface area contributed by atoms with Gasteiger partial charge in [0.15, 0.2) is 5.13 Å². The van der Waals surface area contributed by atoms with E-state index >= 15 is 0 Å². The third-order valence-corrected chi connectivity index (χ3v) is 7.09. The first-order valence-corrected chi connectivity index (χ1v) is 11.4. The number of carboxylic acid groups (broad SMARTS) is 1. The Morgan fingerprint density at radius 3 is 2.30 bits per heavy atom. The first-order chi connectivity index (χ1) is 16.0. The van der Waals surface area contributed by atoms with Crippen LogP contribution in [-0.4, -0.2) is 41.2 Å². The average molecular weight is 464 g/mol. The Hall–Kier alpha value is -3.72. The van der Waals surface area contributed by atoms with Gasteiger partial charge in [0.1, 0.15) is 11.5 Å². The number of nitrogens with one attached hydrogen (secondary N) is 2. The van der Waals surface area contributed by atoms with Crippen molar-refractivity contribution in [2.24, 2.45) is 5.41 Å². The molecule has 2 aliphatic rings. The molecule has 0 radical (unpaired) electrons. The fourth-order valence-corrected chi connectivity index (χ4v) is 4.83. The van der Waals surface area contributed by atoms with Crippen LogP contribution >= 0.6 is 11.3 Å². The van der Waals surface area contributed by atoms with E-state index in [0.29, 0.717) is 12.8 Å². The van der Waals surface area contributed by atoms with E-state index in [4.69, 9.17) is 4.74 Å². The Labute approximate surface area is 193 Å². The summed E-state index contributed by atoms with van der Waals surface area (Å²) in [5.74, 6) is -1.37. The second kappa shape index (κ2) is 8.32. The van der Waals surface area contributed by atoms with Gasteiger partial charge >= 0.3 is 12.1 Å². The molecule has 168 valence electrons. The second-order valence-electron chi connectivity index (χ2n) is 8.25. The number of ether oxygens (including phenoxy) is 1. The number of hydrogen-bond acceptors (Lipinski definition) is 6. The van der Waals surface area contributed by atoms with Crippen LogP contribution in [0.25, 0.3) is 11.1 Å². The molecule has 0 unspecified atom stereocenters. The lowest BCUT2D eigenvalue weighted by molar-refractivity contribution is -0.143. The van der Waals surface area contributed by atoms with Crippen molar-refractivity contribution in [3.8, 4) is 11.1 Å². The van der Waals surface area contributed by atoms with Crippen LogP contribution in [0.3, 0.4) is 0 Å². The molecule has 1 heterocycles. The minimum absolute atomic E-state index is 0.0511. The van der Waals surface area contributed by atoms with Gasteiger partial charge in [-0.3, -0.25) is 14.9 Å². The van der Waals surface area contributed by atoms with E-state index in [0.717, 1.165) is 33.6 Å². The summed E-state index contributed by atoms with van der Waals surface area (Å²) in [4.78, 5) is 40.2. The molecule has 33 heavy (non-hydrogen) atoms. The molecule has 2 aromatic carbocycles. The largest absolute Gasteiger partial charge is 0.481 e. The predicted octanol–water partition coefficient (Wildman–Crippen LogP) is 4.10. The van der Waals surface area contributed by atoms with Crippen LogP contribution in [0.4, 0.5) is 9.93 Å². The van der Waals surface area contributed by atoms with Crippen molar-refractivity contribution in [1.82, 2.24) is 10.3 Å². The van der Waals surface area contributed by atoms with Gasteiger partial charge in [-0.25, -0.2) is 9.78 Å². The predicted molar refractivity (Wildman–Crippen MR) is 122 cm³/mol. The van der Waals surface area contributed by atoms with Gasteiger partial charge < -0.3 is 15.2 Å². The number of thiazole rings is 1. The third-order valence-electron chi connectivity index (χ3n) is 6.18. The molecule has 3 N–H and O–H groups in total. The van der Waals surface area contributed by atoms with Crippen molar-refractivity contribution in [3.63, 3.8) is 0 Å². The highest BCUT2D eigenvalue weighted by Gasteiger charge is 2.50. The van der Waals surface area contributed by atoms with E-state index in [-0.39, 0.29) is 29.1 Å². The lowest BCUT2D eigenvalue weighted by Gasteiger charge is -2.14. The van der Waals surface area contributed by atoms with E-state index in [1.165, 1.54) is 6.20 Å². The van der Waals surface area contributed by atoms with Crippen LogP contribution in [-0.2, 0) is 9.53 Å². The topological polar surface area (TPSA) is 118 Å². The van der Waals surface area contributed by atoms with Gasteiger partial charge in [0.25, 0.3) is 5.91 Å². The minimum atomic E-state index is -0.898. The maximum Gasteiger partial charge on any atom is 0.413 e. The summed E-state index contributed by atoms with van der Waals surface area (Å²) >= 11 is 1.00. The van der Waals surface area contributed by atoms with Crippen LogP contribution < -0.4 is 10.6 Å². The molecule has 9 heteroatoms. The molecule has 2 amide bonds. The summed E-state index contributed by atoms with van der Waals surface area (Å²) in [6.07, 6.45) is 1.81. The number of nitrogens with zero attached hydrogens (tertiary/aromatic N) is 1. The van der Waals surface area contributed by atoms with Gasteiger partial charge in [-0.1, -0.05) is 59.9 Å². The van der Waals surface area contributed by atoms with Crippen molar-refractivity contribution in [3.05, 3.63) is 70.7 Å². The summed E-state index contributed by atoms with van der Waals surface area (Å²) in [7, 11) is 0. The maximum absolute atomic E-state index is 12.4. The number of carbonyl (C=O) groups excluding carboxylic acids is 2. The van der Waals surface area contributed by atoms with Crippen LogP contribution in [0.1, 0.15) is 39.6 Å². The standard InChI is InChI=1S/C24H21N3O5S/c28-20(26-13-24(9-10-24)21(29)30)19-11-25-22(33-19)27-23(31)32-12-18-16-7-3-1-5-14(16)15-6-2-4-8-17(15)18/h1-8,11,18H,9-10,12-13H2,(H,26,28)(H,29,30)(H,25,27,31). The van der Waals surface area contributed by atoms with E-state index in [9.17, 15) is 19.5 Å². The highest BCUT2D eigenvalue weighted by molar-refractivity contribution is 7.17. The highest BCUT2D eigenvalue weighted by atomic mass is 32.1. The van der Waals surface area contributed by atoms with Crippen LogP contribution in [0.5, 0.6) is 0 Å². The van der Waals surface area contributed by atoms with Gasteiger partial charge in [-0.2, -0.15) is 0 Å². The van der Waals surface area contributed by atoms with Crippen LogP contribution in [0.2, 0.25) is 0 Å². The fourth-order valence-electron chi connectivity index (χ4n) is 4.11. The van der Waals surface area contributed by atoms with Gasteiger partial charge in [-0.15, -0.1) is 0 Å². The molecule has 5 rings (SSSR count). The Morgan fingerprint density at radius 1 is 1.06 bits per heavy atom. The van der Waals surface area contributed by atoms with Crippen molar-refractivity contribution < 1.29 is 24.2 Å². The maximum atomic E-state index is 12.4. The van der Waals surface area contributed by atoms with Crippen molar-refractivity contribution in [2.75, 3.05) is 18.5 Å². The number of hydrogen-bond donors (Lipinski definition) is 3. The van der Waals surface area contributed by atoms with E-state index in [1.807, 2.05) is 36.4 Å². The number of anilines is 1. The zero-order valence-corrected chi connectivity index (χ0v) is 18.4. The Kier molecular flexibility index (Phi) is 5.33. The minimum Gasteiger partial charge on any atom is -0.481 e. The molecular weight excluding hydrogens is 442 g/mol. The Bertz CT molecular complexity index is 1200. The van der Waals surface area contributed by atoms with Crippen molar-refractivity contribution in [1.29, 1.82) is 0 Å². The van der Waals surface area contributed by atoms with Crippen LogP contribution in [0.15, 0.2) is 54.7 Å². The lowest BCUT2D eigenvalue weighted by atomic mass is 9.98. The number of aromatic nitrogens is 1. The number of carbonyl (C=O) groups is 3. The highest BCUT2D eigenvalue weighted by Crippen LogP contribution is 2.45. The number of carboxylic acids is 1. The second-order valence-corrected chi connectivity index (χ2v) is 9.28. The molecule has 1 fully saturated rings. The Morgan fingerprint density at radius 2 is 1.70 bits per heavy atom. The number of benzene rings is 2. The Balaban J connectivity index is 1.18. The van der Waals surface area contributed by atoms with Gasteiger partial charge in [-0.05, 0) is 35.1 Å². The molecule has 0 aliphatic heterocycles. The molecule has 3 aromatic rings. The van der Waals surface area contributed by atoms with Gasteiger partial charge in [0.2, 0.25) is 0 Å².